The minimum Gasteiger partial charge on any atom is -0.480 e. The molecular weight excluding hydrogens is 162 g/mol. The van der Waals surface area contributed by atoms with Gasteiger partial charge in [-0.1, -0.05) is 0 Å². The highest BCUT2D eigenvalue weighted by molar-refractivity contribution is 5.73. The van der Waals surface area contributed by atoms with E-state index in [0.717, 1.165) is 0 Å². The first-order chi connectivity index (χ1) is 5.63. The van der Waals surface area contributed by atoms with Gasteiger partial charge in [-0.15, -0.1) is 0 Å². The number of carbonyl (C=O) groups is 1. The first kappa shape index (κ1) is 9.44. The molecule has 5 nitrogen and oxygen atoms in total. The molecule has 0 radical (unpaired) electrons. The number of hydrogen-bond donors (Lipinski definition) is 4. The van der Waals surface area contributed by atoms with Gasteiger partial charge in [-0.2, -0.15) is 0 Å². The standard InChI is InChI=1S/C7H13NO4/c9-3-4-1-5(10)2-6(8-4)7(11)12/h4-6,8-10H,1-3H2,(H,11,12)/t4-,5+,6+/m0/s1. The molecule has 1 heterocycles. The maximum atomic E-state index is 10.5. The number of carboxylic acids is 1. The van der Waals surface area contributed by atoms with Crippen LogP contribution in [0.3, 0.4) is 0 Å². The molecule has 0 spiro atoms. The van der Waals surface area contributed by atoms with Gasteiger partial charge in [-0.3, -0.25) is 10.1 Å². The number of aliphatic hydroxyl groups excluding tert-OH is 2. The van der Waals surface area contributed by atoms with Gasteiger partial charge in [0.2, 0.25) is 0 Å². The van der Waals surface area contributed by atoms with Gasteiger partial charge in [0.05, 0.1) is 12.7 Å². The molecule has 0 saturated carbocycles. The molecule has 0 aliphatic carbocycles. The van der Waals surface area contributed by atoms with Crippen molar-refractivity contribution in [2.75, 3.05) is 6.61 Å². The van der Waals surface area contributed by atoms with E-state index in [4.69, 9.17) is 10.2 Å². The minimum absolute atomic E-state index is 0.138. The number of carboxylic acid groups (broad SMARTS) is 1. The summed E-state index contributed by atoms with van der Waals surface area (Å²) in [7, 11) is 0. The normalized spacial score (nSPS) is 36.3. The Kier molecular flexibility index (Phi) is 3.02. The Morgan fingerprint density at radius 2 is 2.17 bits per heavy atom. The van der Waals surface area contributed by atoms with Crippen LogP contribution in [0.4, 0.5) is 0 Å². The molecule has 70 valence electrons. The quantitative estimate of drug-likeness (QED) is 0.412. The van der Waals surface area contributed by atoms with Gasteiger partial charge in [-0.05, 0) is 12.8 Å². The number of piperidine rings is 1. The van der Waals surface area contributed by atoms with Crippen LogP contribution >= 0.6 is 0 Å². The second-order valence-electron chi connectivity index (χ2n) is 3.06. The average molecular weight is 175 g/mol. The van der Waals surface area contributed by atoms with E-state index in [2.05, 4.69) is 5.32 Å². The third kappa shape index (κ3) is 2.17. The third-order valence-corrected chi connectivity index (χ3v) is 2.02. The van der Waals surface area contributed by atoms with Crippen molar-refractivity contribution in [2.45, 2.75) is 31.0 Å². The molecular formula is C7H13NO4. The Morgan fingerprint density at radius 3 is 2.67 bits per heavy atom. The predicted molar refractivity (Wildman–Crippen MR) is 40.7 cm³/mol. The average Bonchev–Trinajstić information content (AvgIpc) is 2.03. The van der Waals surface area contributed by atoms with E-state index in [1.165, 1.54) is 0 Å². The molecule has 5 heteroatoms. The highest BCUT2D eigenvalue weighted by Crippen LogP contribution is 2.13. The molecule has 4 N–H and O–H groups in total. The zero-order valence-electron chi connectivity index (χ0n) is 6.60. The molecule has 0 bridgehead atoms. The Hall–Kier alpha value is -0.650. The molecule has 0 amide bonds. The Bertz CT molecular complexity index is 173. The van der Waals surface area contributed by atoms with Crippen molar-refractivity contribution in [3.63, 3.8) is 0 Å². The van der Waals surface area contributed by atoms with Gasteiger partial charge in [0.15, 0.2) is 0 Å². The molecule has 0 unspecified atom stereocenters. The Balaban J connectivity index is 2.51. The molecule has 12 heavy (non-hydrogen) atoms. The first-order valence-corrected chi connectivity index (χ1v) is 3.91. The van der Waals surface area contributed by atoms with E-state index in [9.17, 15) is 9.90 Å². The monoisotopic (exact) mass is 175 g/mol. The van der Waals surface area contributed by atoms with Crippen LogP contribution in [0.1, 0.15) is 12.8 Å². The molecule has 0 aromatic rings. The second-order valence-corrected chi connectivity index (χ2v) is 3.06. The summed E-state index contributed by atoms with van der Waals surface area (Å²) in [6.07, 6.45) is 0.0102. The van der Waals surface area contributed by atoms with Crippen molar-refractivity contribution in [3.05, 3.63) is 0 Å². The van der Waals surface area contributed by atoms with Crippen molar-refractivity contribution in [3.8, 4) is 0 Å². The summed E-state index contributed by atoms with van der Waals surface area (Å²) in [5.74, 6) is -0.979. The summed E-state index contributed by atoms with van der Waals surface area (Å²) in [5, 5.41) is 29.3. The van der Waals surface area contributed by atoms with Crippen LogP contribution in [0.15, 0.2) is 0 Å². The number of hydrogen-bond acceptors (Lipinski definition) is 4. The van der Waals surface area contributed by atoms with E-state index in [-0.39, 0.29) is 19.1 Å². The molecule has 1 aliphatic heterocycles. The first-order valence-electron chi connectivity index (χ1n) is 3.91. The highest BCUT2D eigenvalue weighted by atomic mass is 16.4. The summed E-state index contributed by atoms with van der Waals surface area (Å²) in [6, 6.07) is -1.03. The zero-order valence-corrected chi connectivity index (χ0v) is 6.60. The van der Waals surface area contributed by atoms with Crippen LogP contribution in [0.25, 0.3) is 0 Å². The van der Waals surface area contributed by atoms with Crippen LogP contribution in [-0.4, -0.2) is 46.1 Å². The molecule has 3 atom stereocenters. The number of aliphatic carboxylic acids is 1. The topological polar surface area (TPSA) is 89.8 Å². The SMILES string of the molecule is O=C(O)[C@H]1C[C@H](O)C[C@@H](CO)N1. The fraction of sp³-hybridized carbons (Fsp3) is 0.857. The number of aliphatic hydroxyl groups is 2. The summed E-state index contributed by atoms with van der Waals surface area (Å²) in [5.41, 5.74) is 0. The van der Waals surface area contributed by atoms with Gasteiger partial charge in [0.25, 0.3) is 0 Å². The lowest BCUT2D eigenvalue weighted by Gasteiger charge is -2.30. The largest absolute Gasteiger partial charge is 0.480 e. The van der Waals surface area contributed by atoms with Crippen LogP contribution in [0.2, 0.25) is 0 Å². The Labute approximate surface area is 70.0 Å². The third-order valence-electron chi connectivity index (χ3n) is 2.02. The lowest BCUT2D eigenvalue weighted by Crippen LogP contribution is -2.52. The summed E-state index contributed by atoms with van der Waals surface area (Å²) >= 11 is 0. The predicted octanol–water partition coefficient (Wildman–Crippen LogP) is -1.46. The number of nitrogens with one attached hydrogen (secondary N) is 1. The number of rotatable bonds is 2. The lowest BCUT2D eigenvalue weighted by atomic mass is 9.96. The van der Waals surface area contributed by atoms with Crippen molar-refractivity contribution in [1.29, 1.82) is 0 Å². The molecule has 1 rings (SSSR count). The lowest BCUT2D eigenvalue weighted by molar-refractivity contribution is -0.141. The molecule has 0 aromatic carbocycles. The van der Waals surface area contributed by atoms with Crippen LogP contribution < -0.4 is 5.32 Å². The summed E-state index contributed by atoms with van der Waals surface area (Å²) < 4.78 is 0. The van der Waals surface area contributed by atoms with Crippen molar-refractivity contribution >= 4 is 5.97 Å². The maximum Gasteiger partial charge on any atom is 0.320 e. The fourth-order valence-electron chi connectivity index (χ4n) is 1.42. The maximum absolute atomic E-state index is 10.5. The highest BCUT2D eigenvalue weighted by Gasteiger charge is 2.30. The van der Waals surface area contributed by atoms with E-state index < -0.39 is 18.1 Å². The molecule has 1 aliphatic rings. The zero-order chi connectivity index (χ0) is 9.14. The van der Waals surface area contributed by atoms with Gasteiger partial charge in [-0.25, -0.2) is 0 Å². The van der Waals surface area contributed by atoms with Gasteiger partial charge >= 0.3 is 5.97 Å². The van der Waals surface area contributed by atoms with Gasteiger partial charge in [0.1, 0.15) is 6.04 Å². The molecule has 0 aromatic heterocycles. The van der Waals surface area contributed by atoms with Crippen LogP contribution in [-0.2, 0) is 4.79 Å². The minimum atomic E-state index is -0.979. The van der Waals surface area contributed by atoms with E-state index in [0.29, 0.717) is 6.42 Å². The van der Waals surface area contributed by atoms with E-state index >= 15 is 0 Å². The van der Waals surface area contributed by atoms with Crippen LogP contribution in [0, 0.1) is 0 Å². The van der Waals surface area contributed by atoms with Crippen LogP contribution in [0.5, 0.6) is 0 Å². The fourth-order valence-corrected chi connectivity index (χ4v) is 1.42. The van der Waals surface area contributed by atoms with Crippen molar-refractivity contribution in [1.82, 2.24) is 5.32 Å². The van der Waals surface area contributed by atoms with E-state index in [1.54, 1.807) is 0 Å². The van der Waals surface area contributed by atoms with Gasteiger partial charge < -0.3 is 15.3 Å². The van der Waals surface area contributed by atoms with Crippen molar-refractivity contribution in [2.24, 2.45) is 0 Å². The smallest absolute Gasteiger partial charge is 0.320 e. The summed E-state index contributed by atoms with van der Waals surface area (Å²) in [4.78, 5) is 10.5. The molecule has 1 fully saturated rings. The van der Waals surface area contributed by atoms with Gasteiger partial charge in [0, 0.05) is 6.04 Å². The Morgan fingerprint density at radius 1 is 1.50 bits per heavy atom. The van der Waals surface area contributed by atoms with E-state index in [1.807, 2.05) is 0 Å². The van der Waals surface area contributed by atoms with Crippen molar-refractivity contribution < 1.29 is 20.1 Å². The second kappa shape index (κ2) is 3.84. The molecule has 1 saturated heterocycles. The summed E-state index contributed by atoms with van der Waals surface area (Å²) in [6.45, 7) is -0.138.